The fourth-order valence-electron chi connectivity index (χ4n) is 1.72. The quantitative estimate of drug-likeness (QED) is 0.768. The highest BCUT2D eigenvalue weighted by Crippen LogP contribution is 2.21. The zero-order valence-electron chi connectivity index (χ0n) is 10.4. The standard InChI is InChI=1S/C14H19NO2/c1-4-10-14(2,13(16)17)15(3)11-12-8-6-5-7-9-12/h4-9H,1,10-11H2,2-3H3,(H,16,17)/t14-/m1/s1. The SMILES string of the molecule is C=CC[C@](C)(C(=O)O)N(C)Cc1ccccc1. The van der Waals surface area contributed by atoms with Crippen LogP contribution in [0.15, 0.2) is 43.0 Å². The first-order valence-electron chi connectivity index (χ1n) is 5.60. The fourth-order valence-corrected chi connectivity index (χ4v) is 1.72. The number of likely N-dealkylation sites (N-methyl/N-ethyl adjacent to an activating group) is 1. The molecule has 1 atom stereocenters. The van der Waals surface area contributed by atoms with Crippen LogP contribution in [0.25, 0.3) is 0 Å². The second kappa shape index (κ2) is 5.64. The average Bonchev–Trinajstić information content (AvgIpc) is 2.30. The van der Waals surface area contributed by atoms with E-state index in [0.717, 1.165) is 5.56 Å². The van der Waals surface area contributed by atoms with Crippen molar-refractivity contribution in [2.24, 2.45) is 0 Å². The Bertz CT molecular complexity index is 388. The van der Waals surface area contributed by atoms with E-state index in [1.54, 1.807) is 13.0 Å². The first kappa shape index (κ1) is 13.5. The van der Waals surface area contributed by atoms with E-state index in [1.165, 1.54) is 0 Å². The number of rotatable bonds is 6. The van der Waals surface area contributed by atoms with Crippen molar-refractivity contribution in [3.8, 4) is 0 Å². The average molecular weight is 233 g/mol. The molecule has 0 saturated carbocycles. The van der Waals surface area contributed by atoms with Gasteiger partial charge < -0.3 is 5.11 Å². The molecule has 0 aliphatic carbocycles. The summed E-state index contributed by atoms with van der Waals surface area (Å²) in [5, 5.41) is 9.32. The molecule has 0 bridgehead atoms. The predicted molar refractivity (Wildman–Crippen MR) is 68.8 cm³/mol. The lowest BCUT2D eigenvalue weighted by molar-refractivity contribution is -0.149. The highest BCUT2D eigenvalue weighted by atomic mass is 16.4. The van der Waals surface area contributed by atoms with Gasteiger partial charge in [-0.15, -0.1) is 6.58 Å². The number of carboxylic acids is 1. The lowest BCUT2D eigenvalue weighted by Gasteiger charge is -2.34. The van der Waals surface area contributed by atoms with Gasteiger partial charge in [0.25, 0.3) is 0 Å². The van der Waals surface area contributed by atoms with Crippen LogP contribution in [0.4, 0.5) is 0 Å². The Labute approximate surface area is 102 Å². The fraction of sp³-hybridized carbons (Fsp3) is 0.357. The smallest absolute Gasteiger partial charge is 0.324 e. The van der Waals surface area contributed by atoms with Crippen molar-refractivity contribution in [1.82, 2.24) is 4.90 Å². The molecule has 0 aromatic heterocycles. The second-order valence-electron chi connectivity index (χ2n) is 4.41. The number of carbonyl (C=O) groups is 1. The molecule has 92 valence electrons. The van der Waals surface area contributed by atoms with Crippen LogP contribution in [0.2, 0.25) is 0 Å². The molecule has 0 aliphatic rings. The zero-order valence-corrected chi connectivity index (χ0v) is 10.4. The van der Waals surface area contributed by atoms with Crippen LogP contribution in [0.5, 0.6) is 0 Å². The molecule has 0 amide bonds. The van der Waals surface area contributed by atoms with Crippen molar-refractivity contribution in [1.29, 1.82) is 0 Å². The van der Waals surface area contributed by atoms with Crippen LogP contribution in [0, 0.1) is 0 Å². The molecule has 3 nitrogen and oxygen atoms in total. The summed E-state index contributed by atoms with van der Waals surface area (Å²) in [5.41, 5.74) is 0.198. The third-order valence-corrected chi connectivity index (χ3v) is 3.11. The summed E-state index contributed by atoms with van der Waals surface area (Å²) in [6, 6.07) is 9.84. The van der Waals surface area contributed by atoms with Gasteiger partial charge in [0.2, 0.25) is 0 Å². The van der Waals surface area contributed by atoms with E-state index in [4.69, 9.17) is 0 Å². The summed E-state index contributed by atoms with van der Waals surface area (Å²) in [7, 11) is 1.82. The third-order valence-electron chi connectivity index (χ3n) is 3.11. The minimum absolute atomic E-state index is 0.422. The molecule has 0 aliphatic heterocycles. The van der Waals surface area contributed by atoms with Crippen molar-refractivity contribution < 1.29 is 9.90 Å². The highest BCUT2D eigenvalue weighted by Gasteiger charge is 2.36. The number of nitrogens with zero attached hydrogens (tertiary/aromatic N) is 1. The van der Waals surface area contributed by atoms with Crippen LogP contribution < -0.4 is 0 Å². The monoisotopic (exact) mass is 233 g/mol. The van der Waals surface area contributed by atoms with Crippen LogP contribution in [0.1, 0.15) is 18.9 Å². The van der Waals surface area contributed by atoms with Gasteiger partial charge in [-0.1, -0.05) is 36.4 Å². The maximum atomic E-state index is 11.4. The number of hydrogen-bond acceptors (Lipinski definition) is 2. The molecule has 0 heterocycles. The number of benzene rings is 1. The van der Waals surface area contributed by atoms with Crippen molar-refractivity contribution in [3.05, 3.63) is 48.6 Å². The molecule has 0 radical (unpaired) electrons. The van der Waals surface area contributed by atoms with Gasteiger partial charge in [0, 0.05) is 6.54 Å². The maximum Gasteiger partial charge on any atom is 0.324 e. The summed E-state index contributed by atoms with van der Waals surface area (Å²) < 4.78 is 0. The normalized spacial score (nSPS) is 14.3. The van der Waals surface area contributed by atoms with Gasteiger partial charge >= 0.3 is 5.97 Å². The van der Waals surface area contributed by atoms with Gasteiger partial charge in [0.15, 0.2) is 0 Å². The van der Waals surface area contributed by atoms with Gasteiger partial charge in [-0.05, 0) is 26.0 Å². The minimum Gasteiger partial charge on any atom is -0.480 e. The molecule has 3 heteroatoms. The van der Waals surface area contributed by atoms with Crippen molar-refractivity contribution in [2.45, 2.75) is 25.4 Å². The molecule has 1 rings (SSSR count). The highest BCUT2D eigenvalue weighted by molar-refractivity contribution is 5.78. The van der Waals surface area contributed by atoms with Crippen molar-refractivity contribution >= 4 is 5.97 Å². The molecule has 1 N–H and O–H groups in total. The Balaban J connectivity index is 2.83. The second-order valence-corrected chi connectivity index (χ2v) is 4.41. The zero-order chi connectivity index (χ0) is 12.9. The molecule has 0 spiro atoms. The largest absolute Gasteiger partial charge is 0.480 e. The Kier molecular flexibility index (Phi) is 4.46. The van der Waals surface area contributed by atoms with Crippen molar-refractivity contribution in [3.63, 3.8) is 0 Å². The van der Waals surface area contributed by atoms with Crippen LogP contribution >= 0.6 is 0 Å². The van der Waals surface area contributed by atoms with E-state index in [-0.39, 0.29) is 0 Å². The summed E-state index contributed by atoms with van der Waals surface area (Å²) in [5.74, 6) is -0.823. The number of aliphatic carboxylic acids is 1. The predicted octanol–water partition coefficient (Wildman–Crippen LogP) is 2.54. The van der Waals surface area contributed by atoms with Crippen LogP contribution in [-0.2, 0) is 11.3 Å². The van der Waals surface area contributed by atoms with Gasteiger partial charge in [-0.2, -0.15) is 0 Å². The number of hydrogen-bond donors (Lipinski definition) is 1. The van der Waals surface area contributed by atoms with E-state index in [1.807, 2.05) is 42.3 Å². The van der Waals surface area contributed by atoms with Gasteiger partial charge in [-0.3, -0.25) is 9.69 Å². The Morgan fingerprint density at radius 2 is 2.06 bits per heavy atom. The summed E-state index contributed by atoms with van der Waals surface area (Å²) >= 11 is 0. The summed E-state index contributed by atoms with van der Waals surface area (Å²) in [6.45, 7) is 5.96. The molecule has 0 fully saturated rings. The minimum atomic E-state index is -0.905. The molecule has 0 saturated heterocycles. The molecule has 0 unspecified atom stereocenters. The summed E-state index contributed by atoms with van der Waals surface area (Å²) in [4.78, 5) is 13.2. The molecular weight excluding hydrogens is 214 g/mol. The maximum absolute atomic E-state index is 11.4. The van der Waals surface area contributed by atoms with Gasteiger partial charge in [0.1, 0.15) is 5.54 Å². The molecule has 1 aromatic rings. The Hall–Kier alpha value is -1.61. The topological polar surface area (TPSA) is 40.5 Å². The first-order valence-corrected chi connectivity index (χ1v) is 5.60. The Morgan fingerprint density at radius 3 is 2.53 bits per heavy atom. The first-order chi connectivity index (χ1) is 8.00. The number of carboxylic acid groups (broad SMARTS) is 1. The molecule has 1 aromatic carbocycles. The molecular formula is C14H19NO2. The van der Waals surface area contributed by atoms with E-state index < -0.39 is 11.5 Å². The Morgan fingerprint density at radius 1 is 1.47 bits per heavy atom. The van der Waals surface area contributed by atoms with Gasteiger partial charge in [-0.25, -0.2) is 0 Å². The third kappa shape index (κ3) is 3.17. The van der Waals surface area contributed by atoms with Crippen molar-refractivity contribution in [2.75, 3.05) is 7.05 Å². The molecule has 17 heavy (non-hydrogen) atoms. The van der Waals surface area contributed by atoms with Crippen LogP contribution in [-0.4, -0.2) is 28.6 Å². The van der Waals surface area contributed by atoms with Crippen LogP contribution in [0.3, 0.4) is 0 Å². The lowest BCUT2D eigenvalue weighted by atomic mass is 9.95. The summed E-state index contributed by atoms with van der Waals surface area (Å²) in [6.07, 6.45) is 2.07. The van der Waals surface area contributed by atoms with Gasteiger partial charge in [0.05, 0.1) is 0 Å². The van der Waals surface area contributed by atoms with E-state index in [2.05, 4.69) is 6.58 Å². The van der Waals surface area contributed by atoms with E-state index in [0.29, 0.717) is 13.0 Å². The lowest BCUT2D eigenvalue weighted by Crippen LogP contribution is -2.49. The van der Waals surface area contributed by atoms with E-state index in [9.17, 15) is 9.90 Å². The van der Waals surface area contributed by atoms with E-state index >= 15 is 0 Å².